The van der Waals surface area contributed by atoms with Crippen molar-refractivity contribution in [3.8, 4) is 5.75 Å². The molecule has 8 heteroatoms. The average Bonchev–Trinajstić information content (AvgIpc) is 2.39. The fourth-order valence-electron chi connectivity index (χ4n) is 1.61. The summed E-state index contributed by atoms with van der Waals surface area (Å²) in [6, 6.07) is 3.65. The molecule has 1 unspecified atom stereocenters. The number of benzene rings is 1. The van der Waals surface area contributed by atoms with Gasteiger partial charge in [0, 0.05) is 18.7 Å². The molecule has 0 fully saturated rings. The maximum absolute atomic E-state index is 11.8. The Morgan fingerprint density at radius 3 is 2.48 bits per heavy atom. The van der Waals surface area contributed by atoms with Gasteiger partial charge < -0.3 is 26.8 Å². The lowest BCUT2D eigenvalue weighted by molar-refractivity contribution is -0.123. The highest BCUT2D eigenvalue weighted by Gasteiger charge is 2.16. The first-order chi connectivity index (χ1) is 9.83. The monoisotopic (exact) mass is 294 g/mol. The normalized spacial score (nSPS) is 11.4. The third kappa shape index (κ3) is 5.11. The highest BCUT2D eigenvalue weighted by Crippen LogP contribution is 2.27. The van der Waals surface area contributed by atoms with Gasteiger partial charge in [0.15, 0.2) is 0 Å². The first-order valence-corrected chi connectivity index (χ1v) is 6.14. The van der Waals surface area contributed by atoms with E-state index in [1.54, 1.807) is 12.1 Å². The highest BCUT2D eigenvalue weighted by atomic mass is 16.5. The lowest BCUT2D eigenvalue weighted by Crippen LogP contribution is -2.38. The topological polar surface area (TPSA) is 137 Å². The first-order valence-electron chi connectivity index (χ1n) is 6.14. The molecule has 21 heavy (non-hydrogen) atoms. The second kappa shape index (κ2) is 7.25. The van der Waals surface area contributed by atoms with E-state index in [-0.39, 0.29) is 12.3 Å². The molecular weight excluding hydrogens is 276 g/mol. The lowest BCUT2D eigenvalue weighted by atomic mass is 10.2. The molecule has 0 aliphatic heterocycles. The van der Waals surface area contributed by atoms with Gasteiger partial charge in [-0.3, -0.25) is 14.4 Å². The van der Waals surface area contributed by atoms with E-state index in [2.05, 4.69) is 10.6 Å². The van der Waals surface area contributed by atoms with Gasteiger partial charge >= 0.3 is 0 Å². The van der Waals surface area contributed by atoms with Crippen molar-refractivity contribution in [1.82, 2.24) is 0 Å². The van der Waals surface area contributed by atoms with E-state index in [1.165, 1.54) is 20.1 Å². The Morgan fingerprint density at radius 2 is 1.95 bits per heavy atom. The van der Waals surface area contributed by atoms with Gasteiger partial charge in [-0.25, -0.2) is 0 Å². The maximum Gasteiger partial charge on any atom is 0.241 e. The zero-order valence-corrected chi connectivity index (χ0v) is 11.8. The van der Waals surface area contributed by atoms with E-state index >= 15 is 0 Å². The van der Waals surface area contributed by atoms with E-state index in [1.807, 2.05) is 0 Å². The molecule has 0 aliphatic rings. The largest absolute Gasteiger partial charge is 0.494 e. The lowest BCUT2D eigenvalue weighted by Gasteiger charge is -2.13. The fourth-order valence-corrected chi connectivity index (χ4v) is 1.61. The molecule has 1 rings (SSSR count). The van der Waals surface area contributed by atoms with Gasteiger partial charge in [-0.1, -0.05) is 0 Å². The molecule has 6 N–H and O–H groups in total. The smallest absolute Gasteiger partial charge is 0.241 e. The van der Waals surface area contributed by atoms with Gasteiger partial charge in [0.2, 0.25) is 17.7 Å². The predicted octanol–water partition coefficient (Wildman–Crippen LogP) is -0.205. The number of amides is 3. The summed E-state index contributed by atoms with van der Waals surface area (Å²) < 4.78 is 5.12. The summed E-state index contributed by atoms with van der Waals surface area (Å²) >= 11 is 0. The van der Waals surface area contributed by atoms with E-state index in [0.29, 0.717) is 17.1 Å². The molecule has 0 saturated heterocycles. The molecule has 0 aliphatic carbocycles. The minimum atomic E-state index is -1.02. The van der Waals surface area contributed by atoms with E-state index < -0.39 is 17.9 Å². The van der Waals surface area contributed by atoms with Crippen molar-refractivity contribution in [3.05, 3.63) is 18.2 Å². The molecule has 0 radical (unpaired) electrons. The van der Waals surface area contributed by atoms with Crippen LogP contribution < -0.4 is 26.8 Å². The van der Waals surface area contributed by atoms with Crippen LogP contribution in [0.25, 0.3) is 0 Å². The number of methoxy groups -OCH3 is 1. The van der Waals surface area contributed by atoms with Crippen LogP contribution in [0.3, 0.4) is 0 Å². The Labute approximate surface area is 121 Å². The molecule has 114 valence electrons. The van der Waals surface area contributed by atoms with E-state index in [4.69, 9.17) is 16.2 Å². The Hall–Kier alpha value is -2.61. The minimum Gasteiger partial charge on any atom is -0.494 e. The Kier molecular flexibility index (Phi) is 5.67. The van der Waals surface area contributed by atoms with Gasteiger partial charge in [-0.2, -0.15) is 0 Å². The van der Waals surface area contributed by atoms with Gasteiger partial charge in [0.1, 0.15) is 5.75 Å². The second-order valence-electron chi connectivity index (χ2n) is 4.36. The van der Waals surface area contributed by atoms with Crippen LogP contribution in [0.1, 0.15) is 13.3 Å². The number of hydrogen-bond acceptors (Lipinski definition) is 5. The summed E-state index contributed by atoms with van der Waals surface area (Å²) in [5, 5.41) is 5.13. The Balaban J connectivity index is 2.83. The van der Waals surface area contributed by atoms with E-state index in [9.17, 15) is 14.4 Å². The van der Waals surface area contributed by atoms with Crippen molar-refractivity contribution in [3.63, 3.8) is 0 Å². The van der Waals surface area contributed by atoms with Crippen molar-refractivity contribution in [1.29, 1.82) is 0 Å². The van der Waals surface area contributed by atoms with Crippen molar-refractivity contribution < 1.29 is 19.1 Å². The summed E-state index contributed by atoms with van der Waals surface area (Å²) in [5.41, 5.74) is 11.4. The van der Waals surface area contributed by atoms with E-state index in [0.717, 1.165) is 0 Å². The second-order valence-corrected chi connectivity index (χ2v) is 4.36. The number of carbonyl (C=O) groups is 3. The molecule has 0 spiro atoms. The number of anilines is 2. The zero-order chi connectivity index (χ0) is 16.0. The maximum atomic E-state index is 11.8. The average molecular weight is 294 g/mol. The fraction of sp³-hybridized carbons (Fsp3) is 0.308. The molecule has 1 aromatic rings. The van der Waals surface area contributed by atoms with Crippen molar-refractivity contribution >= 4 is 29.1 Å². The zero-order valence-electron chi connectivity index (χ0n) is 11.8. The first kappa shape index (κ1) is 16.4. The number of hydrogen-bond donors (Lipinski definition) is 4. The van der Waals surface area contributed by atoms with Crippen LogP contribution in [0, 0.1) is 0 Å². The molecule has 3 amide bonds. The van der Waals surface area contributed by atoms with Crippen LogP contribution in [0.5, 0.6) is 5.75 Å². The molecule has 0 heterocycles. The highest BCUT2D eigenvalue weighted by molar-refractivity contribution is 5.98. The molecule has 8 nitrogen and oxygen atoms in total. The number of ether oxygens (including phenoxy) is 1. The summed E-state index contributed by atoms with van der Waals surface area (Å²) in [7, 11) is 1.44. The van der Waals surface area contributed by atoms with Crippen LogP contribution >= 0.6 is 0 Å². The third-order valence-electron chi connectivity index (χ3n) is 2.54. The molecule has 1 atom stereocenters. The third-order valence-corrected chi connectivity index (χ3v) is 2.54. The van der Waals surface area contributed by atoms with Gasteiger partial charge in [-0.15, -0.1) is 0 Å². The van der Waals surface area contributed by atoms with Crippen LogP contribution in [0.2, 0.25) is 0 Å². The minimum absolute atomic E-state index is 0.242. The Bertz CT molecular complexity index is 559. The molecular formula is C13H18N4O4. The SMILES string of the molecule is COc1cc(NC(=O)C(N)CC(N)=O)ccc1NC(C)=O. The number of carbonyl (C=O) groups excluding carboxylic acids is 3. The van der Waals surface area contributed by atoms with Crippen molar-refractivity contribution in [2.75, 3.05) is 17.7 Å². The number of rotatable bonds is 6. The van der Waals surface area contributed by atoms with Crippen LogP contribution in [0.4, 0.5) is 11.4 Å². The molecule has 0 bridgehead atoms. The van der Waals surface area contributed by atoms with Crippen LogP contribution in [-0.2, 0) is 14.4 Å². The predicted molar refractivity (Wildman–Crippen MR) is 77.7 cm³/mol. The van der Waals surface area contributed by atoms with Crippen molar-refractivity contribution in [2.45, 2.75) is 19.4 Å². The standard InChI is InChI=1S/C13H18N4O4/c1-7(18)16-10-4-3-8(5-11(10)21-2)17-13(20)9(14)6-12(15)19/h3-5,9H,6,14H2,1-2H3,(H2,15,19)(H,16,18)(H,17,20). The van der Waals surface area contributed by atoms with Crippen LogP contribution in [-0.4, -0.2) is 30.9 Å². The molecule has 0 saturated carbocycles. The van der Waals surface area contributed by atoms with Gasteiger partial charge in [0.05, 0.1) is 25.3 Å². The van der Waals surface area contributed by atoms with Gasteiger partial charge in [-0.05, 0) is 12.1 Å². The molecule has 0 aromatic heterocycles. The van der Waals surface area contributed by atoms with Crippen molar-refractivity contribution in [2.24, 2.45) is 11.5 Å². The van der Waals surface area contributed by atoms with Crippen LogP contribution in [0.15, 0.2) is 18.2 Å². The summed E-state index contributed by atoms with van der Waals surface area (Å²) in [6.07, 6.45) is -0.243. The summed E-state index contributed by atoms with van der Waals surface area (Å²) in [5.74, 6) is -1.06. The number of nitrogens with two attached hydrogens (primary N) is 2. The summed E-state index contributed by atoms with van der Waals surface area (Å²) in [6.45, 7) is 1.37. The number of primary amides is 1. The quantitative estimate of drug-likeness (QED) is 0.575. The molecule has 1 aromatic carbocycles. The van der Waals surface area contributed by atoms with Gasteiger partial charge in [0.25, 0.3) is 0 Å². The number of nitrogens with one attached hydrogen (secondary N) is 2. The Morgan fingerprint density at radius 1 is 1.29 bits per heavy atom. The summed E-state index contributed by atoms with van der Waals surface area (Å²) in [4.78, 5) is 33.5.